The number of nitrogens with zero attached hydrogens (tertiary/aromatic N) is 1. The van der Waals surface area contributed by atoms with Crippen molar-refractivity contribution in [1.29, 1.82) is 5.26 Å². The smallest absolute Gasteiger partial charge is 0.163 e. The number of Topliss-reactive ketones (excluding diaryl/α,β-unsaturated/α-hetero) is 1. The number of carbonyl (C=O) groups is 1. The van der Waals surface area contributed by atoms with Gasteiger partial charge in [0, 0.05) is 11.8 Å². The summed E-state index contributed by atoms with van der Waals surface area (Å²) in [6.07, 6.45) is 0. The Balaban J connectivity index is 3.50. The Hall–Kier alpha value is -2.02. The molecule has 0 aliphatic heterocycles. The molecular formula is C9H8N2O2. The standard InChI is InChI=1S/C9H8N2O2/c1-5(12)9-6(4-10)2-7(13)3-8(9)11/h2-3,13H,11H2,1H3. The van der Waals surface area contributed by atoms with Crippen LogP contribution in [0.15, 0.2) is 12.1 Å². The lowest BCUT2D eigenvalue weighted by molar-refractivity contribution is 0.101. The summed E-state index contributed by atoms with van der Waals surface area (Å²) in [5.41, 5.74) is 5.86. The van der Waals surface area contributed by atoms with E-state index in [1.807, 2.05) is 0 Å². The molecule has 0 saturated carbocycles. The van der Waals surface area contributed by atoms with Crippen LogP contribution in [0.5, 0.6) is 5.75 Å². The van der Waals surface area contributed by atoms with Crippen LogP contribution in [-0.4, -0.2) is 10.9 Å². The number of phenols is 1. The molecule has 3 N–H and O–H groups in total. The summed E-state index contributed by atoms with van der Waals surface area (Å²) in [4.78, 5) is 11.0. The number of benzene rings is 1. The van der Waals surface area contributed by atoms with E-state index in [-0.39, 0.29) is 28.3 Å². The number of hydrogen-bond acceptors (Lipinski definition) is 4. The fourth-order valence-electron chi connectivity index (χ4n) is 1.13. The monoisotopic (exact) mass is 176 g/mol. The highest BCUT2D eigenvalue weighted by molar-refractivity contribution is 6.01. The Morgan fingerprint density at radius 2 is 2.23 bits per heavy atom. The maximum Gasteiger partial charge on any atom is 0.163 e. The minimum Gasteiger partial charge on any atom is -0.508 e. The van der Waals surface area contributed by atoms with E-state index in [1.54, 1.807) is 6.07 Å². The van der Waals surface area contributed by atoms with Crippen molar-refractivity contribution in [2.75, 3.05) is 5.73 Å². The highest BCUT2D eigenvalue weighted by Gasteiger charge is 2.12. The van der Waals surface area contributed by atoms with Crippen LogP contribution in [0.25, 0.3) is 0 Å². The number of hydrogen-bond donors (Lipinski definition) is 2. The van der Waals surface area contributed by atoms with Gasteiger partial charge in [0.1, 0.15) is 11.8 Å². The highest BCUT2D eigenvalue weighted by Crippen LogP contribution is 2.23. The molecule has 0 radical (unpaired) electrons. The molecular weight excluding hydrogens is 168 g/mol. The van der Waals surface area contributed by atoms with Gasteiger partial charge in [0.2, 0.25) is 0 Å². The molecule has 0 aromatic heterocycles. The summed E-state index contributed by atoms with van der Waals surface area (Å²) in [5.74, 6) is -0.395. The largest absolute Gasteiger partial charge is 0.508 e. The average Bonchev–Trinajstić information content (AvgIpc) is 2.01. The highest BCUT2D eigenvalue weighted by atomic mass is 16.3. The molecule has 0 fully saturated rings. The van der Waals surface area contributed by atoms with Crippen molar-refractivity contribution >= 4 is 11.5 Å². The van der Waals surface area contributed by atoms with Gasteiger partial charge in [-0.25, -0.2) is 0 Å². The van der Waals surface area contributed by atoms with Crippen LogP contribution in [0.1, 0.15) is 22.8 Å². The molecule has 0 aliphatic carbocycles. The number of anilines is 1. The molecule has 66 valence electrons. The van der Waals surface area contributed by atoms with Crippen LogP contribution >= 0.6 is 0 Å². The van der Waals surface area contributed by atoms with Crippen molar-refractivity contribution in [2.45, 2.75) is 6.92 Å². The van der Waals surface area contributed by atoms with Crippen molar-refractivity contribution in [3.63, 3.8) is 0 Å². The molecule has 0 atom stereocenters. The number of nitrogen functional groups attached to an aromatic ring is 1. The lowest BCUT2D eigenvalue weighted by Crippen LogP contribution is -2.02. The third-order valence-electron chi connectivity index (χ3n) is 1.63. The molecule has 4 heteroatoms. The summed E-state index contributed by atoms with van der Waals surface area (Å²) in [7, 11) is 0. The minimum atomic E-state index is -0.283. The maximum atomic E-state index is 11.0. The van der Waals surface area contributed by atoms with Gasteiger partial charge in [-0.3, -0.25) is 4.79 Å². The van der Waals surface area contributed by atoms with E-state index in [1.165, 1.54) is 19.1 Å². The molecule has 0 spiro atoms. The number of phenolic OH excluding ortho intramolecular Hbond substituents is 1. The van der Waals surface area contributed by atoms with E-state index >= 15 is 0 Å². The van der Waals surface area contributed by atoms with Gasteiger partial charge in [0.25, 0.3) is 0 Å². The zero-order chi connectivity index (χ0) is 10.0. The number of carbonyl (C=O) groups excluding carboxylic acids is 1. The van der Waals surface area contributed by atoms with Crippen LogP contribution in [0.2, 0.25) is 0 Å². The first-order valence-corrected chi connectivity index (χ1v) is 3.59. The van der Waals surface area contributed by atoms with Gasteiger partial charge in [0.05, 0.1) is 11.1 Å². The Morgan fingerprint density at radius 1 is 1.62 bits per heavy atom. The van der Waals surface area contributed by atoms with Gasteiger partial charge >= 0.3 is 0 Å². The van der Waals surface area contributed by atoms with Crippen LogP contribution in [0, 0.1) is 11.3 Å². The second kappa shape index (κ2) is 3.15. The first-order chi connectivity index (χ1) is 6.06. The zero-order valence-corrected chi connectivity index (χ0v) is 7.03. The molecule has 1 aromatic carbocycles. The van der Waals surface area contributed by atoms with Gasteiger partial charge in [-0.05, 0) is 13.0 Å². The molecule has 0 saturated heterocycles. The van der Waals surface area contributed by atoms with E-state index in [9.17, 15) is 4.79 Å². The van der Waals surface area contributed by atoms with Gasteiger partial charge in [-0.15, -0.1) is 0 Å². The first-order valence-electron chi connectivity index (χ1n) is 3.59. The predicted molar refractivity (Wildman–Crippen MR) is 47.2 cm³/mol. The molecule has 0 amide bonds. The summed E-state index contributed by atoms with van der Waals surface area (Å²) in [5, 5.41) is 17.7. The Bertz CT molecular complexity index is 405. The van der Waals surface area contributed by atoms with E-state index in [4.69, 9.17) is 16.1 Å². The van der Waals surface area contributed by atoms with Crippen molar-refractivity contribution in [2.24, 2.45) is 0 Å². The normalized spacial score (nSPS) is 9.23. The lowest BCUT2D eigenvalue weighted by atomic mass is 10.0. The average molecular weight is 176 g/mol. The first kappa shape index (κ1) is 9.07. The summed E-state index contributed by atoms with van der Waals surface area (Å²) < 4.78 is 0. The molecule has 0 unspecified atom stereocenters. The fourth-order valence-corrected chi connectivity index (χ4v) is 1.13. The van der Waals surface area contributed by atoms with Gasteiger partial charge < -0.3 is 10.8 Å². The van der Waals surface area contributed by atoms with Crippen LogP contribution in [0.3, 0.4) is 0 Å². The molecule has 1 aromatic rings. The van der Waals surface area contributed by atoms with Crippen LogP contribution < -0.4 is 5.73 Å². The fraction of sp³-hybridized carbons (Fsp3) is 0.111. The molecule has 0 heterocycles. The van der Waals surface area contributed by atoms with E-state index in [2.05, 4.69) is 0 Å². The quantitative estimate of drug-likeness (QED) is 0.494. The molecule has 4 nitrogen and oxygen atoms in total. The molecule has 0 bridgehead atoms. The zero-order valence-electron chi connectivity index (χ0n) is 7.03. The van der Waals surface area contributed by atoms with Crippen molar-refractivity contribution < 1.29 is 9.90 Å². The van der Waals surface area contributed by atoms with Gasteiger partial charge in [-0.2, -0.15) is 5.26 Å². The van der Waals surface area contributed by atoms with E-state index in [0.717, 1.165) is 0 Å². The third-order valence-corrected chi connectivity index (χ3v) is 1.63. The van der Waals surface area contributed by atoms with Crippen LogP contribution in [-0.2, 0) is 0 Å². The summed E-state index contributed by atoms with van der Waals surface area (Å²) >= 11 is 0. The van der Waals surface area contributed by atoms with Crippen molar-refractivity contribution in [3.8, 4) is 11.8 Å². The lowest BCUT2D eigenvalue weighted by Gasteiger charge is -2.04. The minimum absolute atomic E-state index is 0.102. The molecule has 1 rings (SSSR count). The Kier molecular flexibility index (Phi) is 2.20. The summed E-state index contributed by atoms with van der Waals surface area (Å²) in [6.45, 7) is 1.32. The summed E-state index contributed by atoms with van der Waals surface area (Å²) in [6, 6.07) is 4.26. The number of aromatic hydroxyl groups is 1. The maximum absolute atomic E-state index is 11.0. The second-order valence-electron chi connectivity index (χ2n) is 2.63. The number of nitriles is 1. The Morgan fingerprint density at radius 3 is 2.69 bits per heavy atom. The predicted octanol–water partition coefficient (Wildman–Crippen LogP) is 1.05. The van der Waals surface area contributed by atoms with E-state index < -0.39 is 0 Å². The van der Waals surface area contributed by atoms with Crippen molar-refractivity contribution in [1.82, 2.24) is 0 Å². The second-order valence-corrected chi connectivity index (χ2v) is 2.63. The SMILES string of the molecule is CC(=O)c1c(N)cc(O)cc1C#N. The van der Waals surface area contributed by atoms with E-state index in [0.29, 0.717) is 0 Å². The number of nitrogens with two attached hydrogens (primary N) is 1. The molecule has 13 heavy (non-hydrogen) atoms. The third kappa shape index (κ3) is 1.59. The van der Waals surface area contributed by atoms with Crippen molar-refractivity contribution in [3.05, 3.63) is 23.3 Å². The Labute approximate surface area is 75.2 Å². The number of rotatable bonds is 1. The van der Waals surface area contributed by atoms with Gasteiger partial charge in [-0.1, -0.05) is 0 Å². The topological polar surface area (TPSA) is 87.1 Å². The van der Waals surface area contributed by atoms with Gasteiger partial charge in [0.15, 0.2) is 5.78 Å². The number of ketones is 1. The molecule has 0 aliphatic rings. The van der Waals surface area contributed by atoms with Crippen LogP contribution in [0.4, 0.5) is 5.69 Å².